The highest BCUT2D eigenvalue weighted by molar-refractivity contribution is 5.79. The monoisotopic (exact) mass is 242 g/mol. The number of carbonyl (C=O) groups excluding carboxylic acids is 1. The number of carbonyl (C=O) groups is 1. The van der Waals surface area contributed by atoms with Gasteiger partial charge in [0.1, 0.15) is 0 Å². The number of primary amides is 1. The number of amides is 2. The van der Waals surface area contributed by atoms with Crippen LogP contribution in [-0.4, -0.2) is 31.1 Å². The molecule has 0 spiro atoms. The van der Waals surface area contributed by atoms with Crippen molar-refractivity contribution in [2.45, 2.75) is 38.1 Å². The Morgan fingerprint density at radius 2 is 2.00 bits per heavy atom. The van der Waals surface area contributed by atoms with Crippen LogP contribution in [0.5, 0.6) is 0 Å². The normalized spacial score (nSPS) is 17.6. The highest BCUT2D eigenvalue weighted by Gasteiger charge is 2.13. The van der Waals surface area contributed by atoms with Gasteiger partial charge in [-0.1, -0.05) is 19.3 Å². The average molecular weight is 242 g/mol. The molecule has 1 aliphatic carbocycles. The first kappa shape index (κ1) is 13.6. The number of hydrogen-bond acceptors (Lipinski definition) is 3. The van der Waals surface area contributed by atoms with E-state index in [1.54, 1.807) is 0 Å². The van der Waals surface area contributed by atoms with Gasteiger partial charge in [0.25, 0.3) is 0 Å². The third kappa shape index (κ3) is 5.96. The Balaban J connectivity index is 2.25. The molecule has 0 aromatic carbocycles. The molecule has 7 nitrogen and oxygen atoms in total. The van der Waals surface area contributed by atoms with Gasteiger partial charge in [0.05, 0.1) is 6.54 Å². The van der Waals surface area contributed by atoms with Crippen molar-refractivity contribution in [2.24, 2.45) is 16.6 Å². The first-order valence-electron chi connectivity index (χ1n) is 6.03. The summed E-state index contributed by atoms with van der Waals surface area (Å²) in [6, 6.07) is -0.0923. The van der Waals surface area contributed by atoms with Crippen LogP contribution in [0.4, 0.5) is 4.79 Å². The van der Waals surface area contributed by atoms with E-state index in [1.165, 1.54) is 19.3 Å². The average Bonchev–Trinajstić information content (AvgIpc) is 2.34. The van der Waals surface area contributed by atoms with E-state index in [0.29, 0.717) is 25.1 Å². The standard InChI is InChI=1S/C10H22N6O/c11-9(17)13-6-7-14-10(16-12)15-8-4-2-1-3-5-8/h8H,1-7,12H2,(H3,11,13,17)(H2,14,15,16). The van der Waals surface area contributed by atoms with E-state index in [1.807, 2.05) is 0 Å². The van der Waals surface area contributed by atoms with Gasteiger partial charge in [0, 0.05) is 12.6 Å². The summed E-state index contributed by atoms with van der Waals surface area (Å²) in [7, 11) is 0. The van der Waals surface area contributed by atoms with Crippen molar-refractivity contribution >= 4 is 12.0 Å². The number of nitrogens with one attached hydrogen (secondary N) is 3. The summed E-state index contributed by atoms with van der Waals surface area (Å²) in [5.41, 5.74) is 7.47. The second-order valence-electron chi connectivity index (χ2n) is 4.14. The van der Waals surface area contributed by atoms with Crippen LogP contribution in [0.3, 0.4) is 0 Å². The molecule has 0 aliphatic heterocycles. The summed E-state index contributed by atoms with van der Waals surface area (Å²) < 4.78 is 0. The van der Waals surface area contributed by atoms with E-state index in [9.17, 15) is 4.79 Å². The van der Waals surface area contributed by atoms with Crippen molar-refractivity contribution in [1.29, 1.82) is 0 Å². The summed E-state index contributed by atoms with van der Waals surface area (Å²) in [5, 5.41) is 5.73. The second kappa shape index (κ2) is 7.72. The minimum Gasteiger partial charge on any atom is -0.353 e. The van der Waals surface area contributed by atoms with Crippen LogP contribution in [0.2, 0.25) is 0 Å². The van der Waals surface area contributed by atoms with E-state index in [0.717, 1.165) is 12.8 Å². The number of hydrazine groups is 1. The molecule has 1 fully saturated rings. The minimum absolute atomic E-state index is 0.410. The number of aliphatic imine (C=N–C) groups is 1. The molecule has 0 unspecified atom stereocenters. The fourth-order valence-electron chi connectivity index (χ4n) is 1.92. The van der Waals surface area contributed by atoms with E-state index in [2.05, 4.69) is 21.1 Å². The predicted octanol–water partition coefficient (Wildman–Crippen LogP) is -0.604. The molecule has 98 valence electrons. The molecule has 7 heteroatoms. The van der Waals surface area contributed by atoms with Gasteiger partial charge in [-0.3, -0.25) is 10.4 Å². The molecule has 0 radical (unpaired) electrons. The van der Waals surface area contributed by atoms with E-state index in [4.69, 9.17) is 11.6 Å². The van der Waals surface area contributed by atoms with Crippen molar-refractivity contribution in [2.75, 3.05) is 13.1 Å². The van der Waals surface area contributed by atoms with Crippen molar-refractivity contribution in [3.05, 3.63) is 0 Å². The van der Waals surface area contributed by atoms with Gasteiger partial charge in [-0.2, -0.15) is 0 Å². The summed E-state index contributed by atoms with van der Waals surface area (Å²) in [4.78, 5) is 14.6. The first-order chi connectivity index (χ1) is 8.22. The van der Waals surface area contributed by atoms with Gasteiger partial charge in [0.2, 0.25) is 5.96 Å². The lowest BCUT2D eigenvalue weighted by molar-refractivity contribution is 0.249. The Kier molecular flexibility index (Phi) is 6.16. The topological polar surface area (TPSA) is 118 Å². The molecular weight excluding hydrogens is 220 g/mol. The van der Waals surface area contributed by atoms with Crippen LogP contribution in [0.25, 0.3) is 0 Å². The van der Waals surface area contributed by atoms with Crippen molar-refractivity contribution in [3.8, 4) is 0 Å². The van der Waals surface area contributed by atoms with Gasteiger partial charge in [-0.15, -0.1) is 0 Å². The molecule has 0 atom stereocenters. The number of guanidine groups is 1. The van der Waals surface area contributed by atoms with Crippen molar-refractivity contribution in [3.63, 3.8) is 0 Å². The molecule has 0 aromatic rings. The molecule has 2 amide bonds. The van der Waals surface area contributed by atoms with Crippen LogP contribution in [-0.2, 0) is 0 Å². The Morgan fingerprint density at radius 1 is 1.29 bits per heavy atom. The number of nitrogens with two attached hydrogens (primary N) is 2. The molecule has 0 saturated heterocycles. The van der Waals surface area contributed by atoms with E-state index < -0.39 is 6.03 Å². The Hall–Kier alpha value is -1.50. The second-order valence-corrected chi connectivity index (χ2v) is 4.14. The summed E-state index contributed by atoms with van der Waals surface area (Å²) in [5.74, 6) is 5.95. The molecule has 0 aromatic heterocycles. The fourth-order valence-corrected chi connectivity index (χ4v) is 1.92. The molecule has 0 bridgehead atoms. The number of nitrogens with zero attached hydrogens (tertiary/aromatic N) is 1. The molecular formula is C10H22N6O. The maximum atomic E-state index is 10.4. The van der Waals surface area contributed by atoms with Gasteiger partial charge >= 0.3 is 6.03 Å². The SMILES string of the molecule is NNC(=NCCNC(N)=O)NC1CCCCC1. The Bertz CT molecular complexity index is 262. The lowest BCUT2D eigenvalue weighted by Gasteiger charge is -2.24. The first-order valence-corrected chi connectivity index (χ1v) is 6.03. The quantitative estimate of drug-likeness (QED) is 0.149. The van der Waals surface area contributed by atoms with E-state index in [-0.39, 0.29) is 0 Å². The number of rotatable bonds is 4. The summed E-state index contributed by atoms with van der Waals surface area (Å²) in [6.07, 6.45) is 6.11. The lowest BCUT2D eigenvalue weighted by atomic mass is 9.96. The maximum Gasteiger partial charge on any atom is 0.312 e. The minimum atomic E-state index is -0.539. The molecule has 1 aliphatic rings. The van der Waals surface area contributed by atoms with Gasteiger partial charge in [-0.25, -0.2) is 10.6 Å². The van der Waals surface area contributed by atoms with Crippen LogP contribution in [0, 0.1) is 0 Å². The third-order valence-corrected chi connectivity index (χ3v) is 2.76. The third-order valence-electron chi connectivity index (χ3n) is 2.76. The molecule has 17 heavy (non-hydrogen) atoms. The molecule has 7 N–H and O–H groups in total. The van der Waals surface area contributed by atoms with Gasteiger partial charge in [-0.05, 0) is 12.8 Å². The Morgan fingerprint density at radius 3 is 2.59 bits per heavy atom. The zero-order valence-corrected chi connectivity index (χ0v) is 10.0. The molecule has 0 heterocycles. The number of urea groups is 1. The van der Waals surface area contributed by atoms with Crippen LogP contribution in [0.15, 0.2) is 4.99 Å². The molecule has 1 rings (SSSR count). The zero-order valence-electron chi connectivity index (χ0n) is 10.0. The lowest BCUT2D eigenvalue weighted by Crippen LogP contribution is -2.47. The fraction of sp³-hybridized carbons (Fsp3) is 0.800. The van der Waals surface area contributed by atoms with Crippen LogP contribution < -0.4 is 27.6 Å². The molecule has 1 saturated carbocycles. The zero-order chi connectivity index (χ0) is 12.5. The van der Waals surface area contributed by atoms with E-state index >= 15 is 0 Å². The van der Waals surface area contributed by atoms with Gasteiger partial charge < -0.3 is 16.4 Å². The van der Waals surface area contributed by atoms with Crippen molar-refractivity contribution < 1.29 is 4.79 Å². The highest BCUT2D eigenvalue weighted by atomic mass is 16.2. The van der Waals surface area contributed by atoms with Crippen LogP contribution in [0.1, 0.15) is 32.1 Å². The summed E-state index contributed by atoms with van der Waals surface area (Å²) in [6.45, 7) is 0.856. The van der Waals surface area contributed by atoms with Crippen molar-refractivity contribution in [1.82, 2.24) is 16.1 Å². The largest absolute Gasteiger partial charge is 0.353 e. The predicted molar refractivity (Wildman–Crippen MR) is 67.2 cm³/mol. The highest BCUT2D eigenvalue weighted by Crippen LogP contribution is 2.16. The van der Waals surface area contributed by atoms with Gasteiger partial charge in [0.15, 0.2) is 0 Å². The maximum absolute atomic E-state index is 10.4. The smallest absolute Gasteiger partial charge is 0.312 e. The summed E-state index contributed by atoms with van der Waals surface area (Å²) >= 11 is 0. The number of hydrogen-bond donors (Lipinski definition) is 5. The van der Waals surface area contributed by atoms with Crippen LogP contribution >= 0.6 is 0 Å². The Labute approximate surface area is 101 Å².